The smallest absolute Gasteiger partial charge is 0.191 e. The van der Waals surface area contributed by atoms with E-state index in [0.29, 0.717) is 0 Å². The highest BCUT2D eigenvalue weighted by atomic mass is 127. The molecule has 2 N–H and O–H groups in total. The van der Waals surface area contributed by atoms with Gasteiger partial charge >= 0.3 is 0 Å². The van der Waals surface area contributed by atoms with E-state index in [1.807, 2.05) is 11.3 Å². The Labute approximate surface area is 157 Å². The molecule has 0 saturated heterocycles. The maximum Gasteiger partial charge on any atom is 0.191 e. The lowest BCUT2D eigenvalue weighted by atomic mass is 10.3. The summed E-state index contributed by atoms with van der Waals surface area (Å²) < 4.78 is 0. The van der Waals surface area contributed by atoms with E-state index < -0.39 is 0 Å². The third-order valence-electron chi connectivity index (χ3n) is 3.09. The topological polar surface area (TPSA) is 49.3 Å². The molecule has 2 rings (SSSR count). The van der Waals surface area contributed by atoms with E-state index in [4.69, 9.17) is 0 Å². The van der Waals surface area contributed by atoms with Crippen LogP contribution in [0.2, 0.25) is 0 Å². The van der Waals surface area contributed by atoms with E-state index >= 15 is 0 Å². The quantitative estimate of drug-likeness (QED) is 0.416. The molecule has 2 aromatic rings. The Morgan fingerprint density at radius 2 is 1.95 bits per heavy atom. The van der Waals surface area contributed by atoms with Crippen LogP contribution in [0.5, 0.6) is 0 Å². The van der Waals surface area contributed by atoms with Crippen LogP contribution in [0.25, 0.3) is 0 Å². The molecule has 0 aliphatic rings. The molecule has 0 aliphatic heterocycles. The number of aryl methyl sites for hydroxylation is 3. The SMILES string of the molecule is CN=C(NCCc1sc(C)nc1C)NCc1ccc(C)s1.I. The first-order valence-corrected chi connectivity index (χ1v) is 8.64. The molecule has 0 aliphatic carbocycles. The number of nitrogens with one attached hydrogen (secondary N) is 2. The minimum absolute atomic E-state index is 0. The first-order valence-electron chi connectivity index (χ1n) is 7.01. The summed E-state index contributed by atoms with van der Waals surface area (Å²) in [6.07, 6.45) is 0.982. The molecule has 2 heterocycles. The van der Waals surface area contributed by atoms with Crippen molar-refractivity contribution in [3.8, 4) is 0 Å². The van der Waals surface area contributed by atoms with Gasteiger partial charge in [-0.25, -0.2) is 4.98 Å². The fourth-order valence-electron chi connectivity index (χ4n) is 2.07. The normalized spacial score (nSPS) is 11.2. The van der Waals surface area contributed by atoms with Crippen molar-refractivity contribution < 1.29 is 0 Å². The molecule has 122 valence electrons. The van der Waals surface area contributed by atoms with Crippen molar-refractivity contribution in [2.24, 2.45) is 4.99 Å². The molecule has 0 radical (unpaired) electrons. The number of aliphatic imine (C=N–C) groups is 1. The number of halogens is 1. The zero-order chi connectivity index (χ0) is 15.2. The summed E-state index contributed by atoms with van der Waals surface area (Å²) in [4.78, 5) is 12.7. The Hall–Kier alpha value is -0.670. The number of hydrogen-bond acceptors (Lipinski definition) is 4. The first-order chi connectivity index (χ1) is 10.1. The second kappa shape index (κ2) is 9.46. The van der Waals surface area contributed by atoms with Gasteiger partial charge in [-0.15, -0.1) is 46.7 Å². The standard InChI is InChI=1S/C15H22N4S2.HI/c1-10-5-6-13(20-10)9-18-15(16-4)17-8-7-14-11(2)19-12(3)21-14;/h5-6H,7-9H2,1-4H3,(H2,16,17,18);1H. The summed E-state index contributed by atoms with van der Waals surface area (Å²) in [6.45, 7) is 7.94. The highest BCUT2D eigenvalue weighted by Crippen LogP contribution is 2.17. The molecule has 0 fully saturated rings. The third-order valence-corrected chi connectivity index (χ3v) is 5.23. The fraction of sp³-hybridized carbons (Fsp3) is 0.467. The van der Waals surface area contributed by atoms with Crippen molar-refractivity contribution in [3.63, 3.8) is 0 Å². The molecule has 0 spiro atoms. The van der Waals surface area contributed by atoms with Crippen LogP contribution >= 0.6 is 46.7 Å². The number of hydrogen-bond donors (Lipinski definition) is 2. The van der Waals surface area contributed by atoms with E-state index in [9.17, 15) is 0 Å². The summed E-state index contributed by atoms with van der Waals surface area (Å²) in [5, 5.41) is 7.83. The highest BCUT2D eigenvalue weighted by Gasteiger charge is 2.05. The second-order valence-electron chi connectivity index (χ2n) is 4.86. The molecular formula is C15H23IN4S2. The van der Waals surface area contributed by atoms with Gasteiger partial charge in [-0.1, -0.05) is 0 Å². The zero-order valence-corrected chi connectivity index (χ0v) is 17.4. The molecule has 0 amide bonds. The Bertz CT molecular complexity index is 619. The van der Waals surface area contributed by atoms with Crippen molar-refractivity contribution in [1.29, 1.82) is 0 Å². The van der Waals surface area contributed by atoms with Crippen molar-refractivity contribution >= 4 is 52.6 Å². The Balaban J connectivity index is 0.00000242. The molecule has 0 bridgehead atoms. The molecule has 0 aromatic carbocycles. The van der Waals surface area contributed by atoms with E-state index in [-0.39, 0.29) is 24.0 Å². The number of thiophene rings is 1. The number of thiazole rings is 1. The lowest BCUT2D eigenvalue weighted by Gasteiger charge is -2.10. The monoisotopic (exact) mass is 450 g/mol. The molecule has 22 heavy (non-hydrogen) atoms. The van der Waals surface area contributed by atoms with Crippen LogP contribution < -0.4 is 10.6 Å². The van der Waals surface area contributed by atoms with Gasteiger partial charge in [0.05, 0.1) is 17.2 Å². The predicted molar refractivity (Wildman–Crippen MR) is 108 cm³/mol. The number of nitrogens with zero attached hydrogens (tertiary/aromatic N) is 2. The second-order valence-corrected chi connectivity index (χ2v) is 7.52. The molecular weight excluding hydrogens is 427 g/mol. The fourth-order valence-corrected chi connectivity index (χ4v) is 3.84. The summed E-state index contributed by atoms with van der Waals surface area (Å²) in [5.74, 6) is 0.847. The van der Waals surface area contributed by atoms with Gasteiger partial charge < -0.3 is 10.6 Å². The maximum atomic E-state index is 4.45. The van der Waals surface area contributed by atoms with E-state index in [0.717, 1.165) is 36.2 Å². The van der Waals surface area contributed by atoms with Crippen LogP contribution in [0.15, 0.2) is 17.1 Å². The Morgan fingerprint density at radius 3 is 2.50 bits per heavy atom. The van der Waals surface area contributed by atoms with Gasteiger partial charge in [0.2, 0.25) is 0 Å². The van der Waals surface area contributed by atoms with Crippen molar-refractivity contribution in [3.05, 3.63) is 37.5 Å². The van der Waals surface area contributed by atoms with Crippen LogP contribution in [0.1, 0.15) is 25.3 Å². The minimum atomic E-state index is 0. The average Bonchev–Trinajstić information content (AvgIpc) is 2.99. The van der Waals surface area contributed by atoms with Crippen molar-refractivity contribution in [2.45, 2.75) is 33.7 Å². The van der Waals surface area contributed by atoms with Gasteiger partial charge in [0.15, 0.2) is 5.96 Å². The zero-order valence-electron chi connectivity index (χ0n) is 13.4. The molecule has 2 aromatic heterocycles. The predicted octanol–water partition coefficient (Wildman–Crippen LogP) is 3.66. The van der Waals surface area contributed by atoms with Gasteiger partial charge in [-0.05, 0) is 32.9 Å². The Morgan fingerprint density at radius 1 is 1.18 bits per heavy atom. The third kappa shape index (κ3) is 5.85. The van der Waals surface area contributed by atoms with Crippen LogP contribution in [-0.4, -0.2) is 24.5 Å². The summed E-state index contributed by atoms with van der Waals surface area (Å²) in [7, 11) is 1.80. The van der Waals surface area contributed by atoms with E-state index in [1.165, 1.54) is 14.6 Å². The molecule has 0 saturated carbocycles. The minimum Gasteiger partial charge on any atom is -0.356 e. The van der Waals surface area contributed by atoms with Crippen LogP contribution in [0, 0.1) is 20.8 Å². The maximum absolute atomic E-state index is 4.45. The largest absolute Gasteiger partial charge is 0.356 e. The number of aromatic nitrogens is 1. The lowest BCUT2D eigenvalue weighted by molar-refractivity contribution is 0.801. The molecule has 0 atom stereocenters. The Kier molecular flexibility index (Phi) is 8.34. The van der Waals surface area contributed by atoms with E-state index in [2.05, 4.69) is 53.5 Å². The van der Waals surface area contributed by atoms with E-state index in [1.54, 1.807) is 18.4 Å². The van der Waals surface area contributed by atoms with Crippen LogP contribution in [-0.2, 0) is 13.0 Å². The van der Waals surface area contributed by atoms with Crippen LogP contribution in [0.3, 0.4) is 0 Å². The molecule has 4 nitrogen and oxygen atoms in total. The van der Waals surface area contributed by atoms with Crippen molar-refractivity contribution in [2.75, 3.05) is 13.6 Å². The summed E-state index contributed by atoms with van der Waals surface area (Å²) in [6, 6.07) is 4.30. The number of rotatable bonds is 5. The summed E-state index contributed by atoms with van der Waals surface area (Å²) in [5.41, 5.74) is 1.15. The van der Waals surface area contributed by atoms with Gasteiger partial charge in [-0.3, -0.25) is 4.99 Å². The van der Waals surface area contributed by atoms with Gasteiger partial charge in [0, 0.05) is 34.6 Å². The van der Waals surface area contributed by atoms with Crippen molar-refractivity contribution in [1.82, 2.24) is 15.6 Å². The summed E-state index contributed by atoms with van der Waals surface area (Å²) >= 11 is 3.59. The highest BCUT2D eigenvalue weighted by molar-refractivity contribution is 14.0. The molecule has 0 unspecified atom stereocenters. The van der Waals surface area contributed by atoms with Gasteiger partial charge in [-0.2, -0.15) is 0 Å². The van der Waals surface area contributed by atoms with Crippen LogP contribution in [0.4, 0.5) is 0 Å². The molecule has 7 heteroatoms. The number of guanidine groups is 1. The lowest BCUT2D eigenvalue weighted by Crippen LogP contribution is -2.37. The van der Waals surface area contributed by atoms with Gasteiger partial charge in [0.25, 0.3) is 0 Å². The average molecular weight is 450 g/mol. The van der Waals surface area contributed by atoms with Gasteiger partial charge in [0.1, 0.15) is 0 Å². The first kappa shape index (κ1) is 19.4.